The first-order chi connectivity index (χ1) is 8.74. The lowest BCUT2D eigenvalue weighted by molar-refractivity contribution is 0.642. The van der Waals surface area contributed by atoms with E-state index in [0.29, 0.717) is 0 Å². The van der Waals surface area contributed by atoms with Crippen LogP contribution in [0.5, 0.6) is 0 Å². The molecule has 2 heteroatoms. The topological polar surface area (TPSA) is 30.9 Å². The lowest BCUT2D eigenvalue weighted by Crippen LogP contribution is -2.21. The molecule has 0 bridgehead atoms. The van der Waals surface area contributed by atoms with Gasteiger partial charge >= 0.3 is 0 Å². The molecule has 0 fully saturated rings. The molecule has 1 aromatic carbocycles. The summed E-state index contributed by atoms with van der Waals surface area (Å²) in [5.74, 6) is 0. The normalized spacial score (nSPS) is 13.1. The van der Waals surface area contributed by atoms with Crippen molar-refractivity contribution in [3.05, 3.63) is 36.0 Å². The maximum absolute atomic E-state index is 6.04. The van der Waals surface area contributed by atoms with Crippen LogP contribution < -0.4 is 5.73 Å². The first-order valence-corrected chi connectivity index (χ1v) is 7.08. The second kappa shape index (κ2) is 6.05. The Kier molecular flexibility index (Phi) is 4.43. The van der Waals surface area contributed by atoms with Crippen LogP contribution in [0.4, 0.5) is 0 Å². The molecule has 1 heterocycles. The predicted molar refractivity (Wildman–Crippen MR) is 78.8 cm³/mol. The second-order valence-electron chi connectivity index (χ2n) is 5.13. The van der Waals surface area contributed by atoms with Crippen molar-refractivity contribution in [1.82, 2.24) is 4.57 Å². The first kappa shape index (κ1) is 13.2. The van der Waals surface area contributed by atoms with Crippen molar-refractivity contribution >= 4 is 10.9 Å². The van der Waals surface area contributed by atoms with Crippen LogP contribution in [0, 0.1) is 0 Å². The summed E-state index contributed by atoms with van der Waals surface area (Å²) in [7, 11) is 0. The monoisotopic (exact) mass is 244 g/mol. The molecule has 2 aromatic rings. The molecule has 0 radical (unpaired) electrons. The van der Waals surface area contributed by atoms with E-state index in [1.54, 1.807) is 0 Å². The fourth-order valence-electron chi connectivity index (χ4n) is 2.33. The molecule has 1 aromatic heterocycles. The van der Waals surface area contributed by atoms with E-state index in [1.807, 2.05) is 0 Å². The third-order valence-electron chi connectivity index (χ3n) is 3.61. The minimum absolute atomic E-state index is 0.279. The summed E-state index contributed by atoms with van der Waals surface area (Å²) < 4.78 is 2.36. The van der Waals surface area contributed by atoms with Gasteiger partial charge in [0.05, 0.1) is 0 Å². The second-order valence-corrected chi connectivity index (χ2v) is 5.13. The smallest absolute Gasteiger partial charge is 0.0483 e. The number of aromatic nitrogens is 1. The van der Waals surface area contributed by atoms with E-state index in [9.17, 15) is 0 Å². The number of rotatable bonds is 6. The van der Waals surface area contributed by atoms with Gasteiger partial charge < -0.3 is 10.3 Å². The van der Waals surface area contributed by atoms with Crippen LogP contribution in [0.1, 0.15) is 38.7 Å². The predicted octanol–water partition coefficient (Wildman–Crippen LogP) is 3.72. The van der Waals surface area contributed by atoms with Crippen molar-refractivity contribution in [1.29, 1.82) is 0 Å². The van der Waals surface area contributed by atoms with Gasteiger partial charge in [-0.15, -0.1) is 0 Å². The minimum Gasteiger partial charge on any atom is -0.347 e. The lowest BCUT2D eigenvalue weighted by atomic mass is 10.0. The van der Waals surface area contributed by atoms with Gasteiger partial charge in [-0.3, -0.25) is 0 Å². The largest absolute Gasteiger partial charge is 0.347 e. The number of benzene rings is 1. The maximum atomic E-state index is 6.04. The van der Waals surface area contributed by atoms with Crippen molar-refractivity contribution in [3.63, 3.8) is 0 Å². The van der Waals surface area contributed by atoms with Gasteiger partial charge in [0.15, 0.2) is 0 Å². The summed E-state index contributed by atoms with van der Waals surface area (Å²) in [5.41, 5.74) is 8.74. The van der Waals surface area contributed by atoms with Gasteiger partial charge in [0.1, 0.15) is 0 Å². The van der Waals surface area contributed by atoms with E-state index in [1.165, 1.54) is 29.3 Å². The molecule has 2 nitrogen and oxygen atoms in total. The number of hydrogen-bond acceptors (Lipinski definition) is 1. The van der Waals surface area contributed by atoms with E-state index >= 15 is 0 Å². The fraction of sp³-hybridized carbons (Fsp3) is 0.500. The van der Waals surface area contributed by atoms with Crippen LogP contribution >= 0.6 is 0 Å². The Morgan fingerprint density at radius 3 is 2.78 bits per heavy atom. The highest BCUT2D eigenvalue weighted by Gasteiger charge is 2.05. The zero-order valence-corrected chi connectivity index (χ0v) is 11.5. The summed E-state index contributed by atoms with van der Waals surface area (Å²) in [5, 5.41) is 1.33. The molecule has 98 valence electrons. The highest BCUT2D eigenvalue weighted by atomic mass is 14.9. The van der Waals surface area contributed by atoms with Gasteiger partial charge in [0.2, 0.25) is 0 Å². The molecular weight excluding hydrogens is 220 g/mol. The Hall–Kier alpha value is -1.28. The van der Waals surface area contributed by atoms with E-state index in [2.05, 4.69) is 48.9 Å². The summed E-state index contributed by atoms with van der Waals surface area (Å²) in [6, 6.07) is 9.22. The van der Waals surface area contributed by atoms with Gasteiger partial charge in [0, 0.05) is 24.3 Å². The molecule has 0 aliphatic heterocycles. The van der Waals surface area contributed by atoms with Crippen molar-refractivity contribution in [3.8, 4) is 0 Å². The van der Waals surface area contributed by atoms with Crippen LogP contribution in [0.3, 0.4) is 0 Å². The van der Waals surface area contributed by atoms with Crippen molar-refractivity contribution in [2.24, 2.45) is 5.73 Å². The molecule has 0 aliphatic carbocycles. The van der Waals surface area contributed by atoms with Gasteiger partial charge in [-0.2, -0.15) is 0 Å². The van der Waals surface area contributed by atoms with Crippen molar-refractivity contribution < 1.29 is 0 Å². The van der Waals surface area contributed by atoms with Crippen molar-refractivity contribution in [2.45, 2.75) is 52.1 Å². The van der Waals surface area contributed by atoms with E-state index in [0.717, 1.165) is 19.4 Å². The average Bonchev–Trinajstić information content (AvgIpc) is 2.78. The fourth-order valence-corrected chi connectivity index (χ4v) is 2.33. The molecule has 0 spiro atoms. The number of nitrogens with two attached hydrogens (primary N) is 1. The number of unbranched alkanes of at least 4 members (excludes halogenated alkanes) is 1. The van der Waals surface area contributed by atoms with Crippen LogP contribution in [0.15, 0.2) is 30.5 Å². The molecule has 2 N–H and O–H groups in total. The average molecular weight is 244 g/mol. The number of nitrogens with zero attached hydrogens (tertiary/aromatic N) is 1. The standard InChI is InChI=1S/C16H24N2/c1-3-5-9-18-10-8-14-7-6-13(12-16(14)18)11-15(17)4-2/h6-8,10,12,15H,3-5,9,11,17H2,1-2H3. The molecular formula is C16H24N2. The molecule has 18 heavy (non-hydrogen) atoms. The zero-order chi connectivity index (χ0) is 13.0. The Balaban J connectivity index is 2.24. The zero-order valence-electron chi connectivity index (χ0n) is 11.5. The maximum Gasteiger partial charge on any atom is 0.0483 e. The number of fused-ring (bicyclic) bond motifs is 1. The molecule has 1 unspecified atom stereocenters. The summed E-state index contributed by atoms with van der Waals surface area (Å²) >= 11 is 0. The number of hydrogen-bond donors (Lipinski definition) is 1. The highest BCUT2D eigenvalue weighted by molar-refractivity contribution is 5.80. The summed E-state index contributed by atoms with van der Waals surface area (Å²) in [4.78, 5) is 0. The Morgan fingerprint density at radius 1 is 1.22 bits per heavy atom. The molecule has 0 aliphatic rings. The van der Waals surface area contributed by atoms with Gasteiger partial charge in [-0.25, -0.2) is 0 Å². The van der Waals surface area contributed by atoms with E-state index in [4.69, 9.17) is 5.73 Å². The SMILES string of the molecule is CCCCn1ccc2ccc(CC(N)CC)cc21. The Labute approximate surface area is 110 Å². The van der Waals surface area contributed by atoms with Crippen LogP contribution in [-0.4, -0.2) is 10.6 Å². The van der Waals surface area contributed by atoms with Gasteiger partial charge in [-0.05, 0) is 42.3 Å². The van der Waals surface area contributed by atoms with Crippen molar-refractivity contribution in [2.75, 3.05) is 0 Å². The Morgan fingerprint density at radius 2 is 2.06 bits per heavy atom. The molecule has 0 saturated carbocycles. The lowest BCUT2D eigenvalue weighted by Gasteiger charge is -2.10. The molecule has 0 amide bonds. The molecule has 1 atom stereocenters. The van der Waals surface area contributed by atoms with Gasteiger partial charge in [0.25, 0.3) is 0 Å². The van der Waals surface area contributed by atoms with E-state index in [-0.39, 0.29) is 6.04 Å². The highest BCUT2D eigenvalue weighted by Crippen LogP contribution is 2.19. The minimum atomic E-state index is 0.279. The van der Waals surface area contributed by atoms with Gasteiger partial charge in [-0.1, -0.05) is 32.4 Å². The Bertz CT molecular complexity index is 499. The van der Waals surface area contributed by atoms with Crippen LogP contribution in [-0.2, 0) is 13.0 Å². The quantitative estimate of drug-likeness (QED) is 0.825. The third-order valence-corrected chi connectivity index (χ3v) is 3.61. The van der Waals surface area contributed by atoms with E-state index < -0.39 is 0 Å². The molecule has 0 saturated heterocycles. The number of aryl methyl sites for hydroxylation is 1. The summed E-state index contributed by atoms with van der Waals surface area (Å²) in [6.45, 7) is 5.49. The van der Waals surface area contributed by atoms with Crippen LogP contribution in [0.25, 0.3) is 10.9 Å². The first-order valence-electron chi connectivity index (χ1n) is 7.08. The third kappa shape index (κ3) is 2.94. The molecule has 2 rings (SSSR count). The van der Waals surface area contributed by atoms with Crippen LogP contribution in [0.2, 0.25) is 0 Å². The summed E-state index contributed by atoms with van der Waals surface area (Å²) in [6.07, 6.45) is 6.69.